The number of anilines is 1. The summed E-state index contributed by atoms with van der Waals surface area (Å²) in [5.74, 6) is 0.0487. The maximum atomic E-state index is 13.5. The maximum Gasteiger partial charge on any atom is 0.270 e. The second-order valence-corrected chi connectivity index (χ2v) is 9.85. The Balaban J connectivity index is 1.12. The average Bonchev–Trinajstić information content (AvgIpc) is 3.34. The number of amides is 2. The van der Waals surface area contributed by atoms with Crippen molar-refractivity contribution in [3.05, 3.63) is 53.1 Å². The van der Waals surface area contributed by atoms with E-state index in [-0.39, 0.29) is 41.3 Å². The lowest BCUT2D eigenvalue weighted by Crippen LogP contribution is -2.60. The molecule has 2 atom stereocenters. The normalized spacial score (nSPS) is 25.4. The van der Waals surface area contributed by atoms with E-state index in [2.05, 4.69) is 20.5 Å². The molecule has 0 spiro atoms. The Labute approximate surface area is 203 Å². The van der Waals surface area contributed by atoms with Crippen molar-refractivity contribution in [1.29, 1.82) is 0 Å². The first-order valence-electron chi connectivity index (χ1n) is 11.9. The quantitative estimate of drug-likeness (QED) is 0.625. The van der Waals surface area contributed by atoms with Gasteiger partial charge in [-0.15, -0.1) is 0 Å². The highest BCUT2D eigenvalue weighted by molar-refractivity contribution is 6.30. The molecule has 2 aromatic rings. The first-order valence-corrected chi connectivity index (χ1v) is 12.2. The summed E-state index contributed by atoms with van der Waals surface area (Å²) in [4.78, 5) is 31.9. The number of hydrogen-bond donors (Lipinski definition) is 2. The largest absolute Gasteiger partial charge is 0.484 e. The van der Waals surface area contributed by atoms with Gasteiger partial charge in [-0.25, -0.2) is 9.37 Å². The van der Waals surface area contributed by atoms with E-state index in [4.69, 9.17) is 16.3 Å². The number of pyridine rings is 1. The van der Waals surface area contributed by atoms with Gasteiger partial charge in [0.05, 0.1) is 16.9 Å². The number of nitrogens with one attached hydrogen (secondary N) is 2. The van der Waals surface area contributed by atoms with E-state index >= 15 is 0 Å². The summed E-state index contributed by atoms with van der Waals surface area (Å²) in [6.07, 6.45) is 6.77. The van der Waals surface area contributed by atoms with Crippen LogP contribution in [0.3, 0.4) is 0 Å². The number of benzene rings is 1. The van der Waals surface area contributed by atoms with Crippen LogP contribution in [0.4, 0.5) is 10.1 Å². The molecule has 2 N–H and O–H groups in total. The van der Waals surface area contributed by atoms with Crippen LogP contribution in [0.25, 0.3) is 0 Å². The molecule has 2 amide bonds. The predicted octanol–water partition coefficient (Wildman–Crippen LogP) is 3.57. The molecule has 0 unspecified atom stereocenters. The highest BCUT2D eigenvalue weighted by atomic mass is 35.5. The molecule has 34 heavy (non-hydrogen) atoms. The van der Waals surface area contributed by atoms with Gasteiger partial charge >= 0.3 is 0 Å². The van der Waals surface area contributed by atoms with Gasteiger partial charge in [0.25, 0.3) is 11.8 Å². The number of hydrogen-bond acceptors (Lipinski definition) is 5. The highest BCUT2D eigenvalue weighted by Crippen LogP contribution is 2.45. The summed E-state index contributed by atoms with van der Waals surface area (Å²) < 4.78 is 18.9. The molecule has 6 rings (SSSR count). The van der Waals surface area contributed by atoms with Crippen LogP contribution in [0.1, 0.15) is 42.6 Å². The molecule has 4 aliphatic rings. The van der Waals surface area contributed by atoms with Crippen LogP contribution in [0, 0.1) is 17.7 Å². The van der Waals surface area contributed by atoms with Crippen molar-refractivity contribution in [2.45, 2.75) is 44.2 Å². The molecule has 1 aromatic heterocycles. The van der Waals surface area contributed by atoms with Crippen LogP contribution in [-0.2, 0) is 4.79 Å². The van der Waals surface area contributed by atoms with Crippen LogP contribution in [0.15, 0.2) is 36.5 Å². The number of carbonyl (C=O) groups excluding carboxylic acids is 2. The fraction of sp³-hybridized carbons (Fsp3) is 0.480. The second kappa shape index (κ2) is 9.78. The van der Waals surface area contributed by atoms with E-state index in [0.717, 1.165) is 37.7 Å². The fourth-order valence-electron chi connectivity index (χ4n) is 5.27. The fourth-order valence-corrected chi connectivity index (χ4v) is 5.38. The van der Waals surface area contributed by atoms with E-state index in [9.17, 15) is 14.0 Å². The van der Waals surface area contributed by atoms with Crippen molar-refractivity contribution in [1.82, 2.24) is 15.6 Å². The zero-order chi connectivity index (χ0) is 23.7. The van der Waals surface area contributed by atoms with Gasteiger partial charge in [0.2, 0.25) is 0 Å². The Hall–Kier alpha value is -2.87. The molecular formula is C25H28ClFN4O3. The topological polar surface area (TPSA) is 83.6 Å². The standard InChI is InChI=1S/C25H28ClFN4O3/c26-19-5-4-18(11-20(19)27)34-14-24(32)29-22-12-23(16-9-15(22)10-16)30-25(33)21-6-3-17(13-28-21)31-7-1-2-8-31/h3-6,11,13,15-16,22-23H,1-2,7-10,12,14H2,(H,29,32)(H,30,33)/t15?,16?,22-,23+/m0/s1. The number of rotatable bonds is 7. The van der Waals surface area contributed by atoms with Crippen LogP contribution in [0.5, 0.6) is 5.75 Å². The molecule has 180 valence electrons. The number of fused-ring (bicyclic) bond motifs is 2. The van der Waals surface area contributed by atoms with Crippen molar-refractivity contribution in [3.63, 3.8) is 0 Å². The molecule has 7 nitrogen and oxygen atoms in total. The van der Waals surface area contributed by atoms with Gasteiger partial charge < -0.3 is 20.3 Å². The molecule has 9 heteroatoms. The second-order valence-electron chi connectivity index (χ2n) is 9.44. The molecule has 0 radical (unpaired) electrons. The molecule has 1 aliphatic heterocycles. The Bertz CT molecular complexity index is 1050. The molecule has 3 aliphatic carbocycles. The zero-order valence-corrected chi connectivity index (χ0v) is 19.6. The third kappa shape index (κ3) is 4.97. The lowest BCUT2D eigenvalue weighted by molar-refractivity contribution is -0.125. The maximum absolute atomic E-state index is 13.5. The summed E-state index contributed by atoms with van der Waals surface area (Å²) >= 11 is 5.67. The number of aromatic nitrogens is 1. The third-order valence-corrected chi connectivity index (χ3v) is 7.54. The Morgan fingerprint density at radius 1 is 1.06 bits per heavy atom. The first-order chi connectivity index (χ1) is 16.5. The Kier molecular flexibility index (Phi) is 6.59. The van der Waals surface area contributed by atoms with Crippen molar-refractivity contribution in [3.8, 4) is 5.75 Å². The summed E-state index contributed by atoms with van der Waals surface area (Å²) in [5, 5.41) is 6.17. The minimum absolute atomic E-state index is 0.00404. The van der Waals surface area contributed by atoms with Crippen molar-refractivity contribution >= 4 is 29.1 Å². The summed E-state index contributed by atoms with van der Waals surface area (Å²) in [6.45, 7) is 1.86. The predicted molar refractivity (Wildman–Crippen MR) is 127 cm³/mol. The molecule has 4 fully saturated rings. The minimum Gasteiger partial charge on any atom is -0.484 e. The van der Waals surface area contributed by atoms with E-state index in [1.807, 2.05) is 6.07 Å². The SMILES string of the molecule is O=C(COc1ccc(Cl)c(F)c1)N[C@H]1C[C@@H](NC(=O)c2ccc(N3CCCC3)cn2)C2CC1C2. The van der Waals surface area contributed by atoms with E-state index < -0.39 is 5.82 Å². The zero-order valence-electron chi connectivity index (χ0n) is 18.8. The van der Waals surface area contributed by atoms with Crippen LogP contribution in [0.2, 0.25) is 5.02 Å². The number of carbonyl (C=O) groups is 2. The molecule has 1 aromatic carbocycles. The van der Waals surface area contributed by atoms with Gasteiger partial charge in [-0.05, 0) is 68.2 Å². The average molecular weight is 487 g/mol. The molecule has 2 bridgehead atoms. The monoisotopic (exact) mass is 486 g/mol. The van der Waals surface area contributed by atoms with E-state index in [1.54, 1.807) is 12.3 Å². The van der Waals surface area contributed by atoms with Gasteiger partial charge in [-0.1, -0.05) is 11.6 Å². The van der Waals surface area contributed by atoms with Crippen LogP contribution < -0.4 is 20.3 Å². The number of halogens is 2. The lowest BCUT2D eigenvalue weighted by atomic mass is 9.60. The summed E-state index contributed by atoms with van der Waals surface area (Å²) in [6, 6.07) is 7.78. The Morgan fingerprint density at radius 2 is 1.79 bits per heavy atom. The van der Waals surface area contributed by atoms with Gasteiger partial charge in [0.1, 0.15) is 17.3 Å². The van der Waals surface area contributed by atoms with E-state index in [0.29, 0.717) is 24.0 Å². The van der Waals surface area contributed by atoms with Crippen LogP contribution in [-0.4, -0.2) is 48.6 Å². The van der Waals surface area contributed by atoms with Crippen molar-refractivity contribution in [2.24, 2.45) is 11.8 Å². The Morgan fingerprint density at radius 3 is 2.47 bits per heavy atom. The third-order valence-electron chi connectivity index (χ3n) is 7.23. The smallest absolute Gasteiger partial charge is 0.270 e. The minimum atomic E-state index is -0.592. The van der Waals surface area contributed by atoms with E-state index in [1.165, 1.54) is 25.0 Å². The molecule has 2 heterocycles. The van der Waals surface area contributed by atoms with Gasteiger partial charge in [0, 0.05) is 31.2 Å². The lowest BCUT2D eigenvalue weighted by Gasteiger charge is -2.51. The van der Waals surface area contributed by atoms with Crippen molar-refractivity contribution < 1.29 is 18.7 Å². The van der Waals surface area contributed by atoms with Crippen molar-refractivity contribution in [2.75, 3.05) is 24.6 Å². The van der Waals surface area contributed by atoms with Crippen LogP contribution >= 0.6 is 11.6 Å². The van der Waals surface area contributed by atoms with Gasteiger partial charge in [-0.2, -0.15) is 0 Å². The molecular weight excluding hydrogens is 459 g/mol. The summed E-state index contributed by atoms with van der Waals surface area (Å²) in [7, 11) is 0. The molecule has 1 saturated heterocycles. The summed E-state index contributed by atoms with van der Waals surface area (Å²) in [5.41, 5.74) is 1.47. The number of nitrogens with zero attached hydrogens (tertiary/aromatic N) is 2. The molecule has 3 saturated carbocycles. The first kappa shape index (κ1) is 22.9. The van der Waals surface area contributed by atoms with Gasteiger partial charge in [0.15, 0.2) is 6.61 Å². The van der Waals surface area contributed by atoms with Gasteiger partial charge in [-0.3, -0.25) is 9.59 Å². The number of ether oxygens (including phenoxy) is 1. The highest BCUT2D eigenvalue weighted by Gasteiger charge is 2.47.